The molecule has 1 saturated heterocycles. The van der Waals surface area contributed by atoms with Crippen molar-refractivity contribution in [1.82, 2.24) is 10.2 Å². The lowest BCUT2D eigenvalue weighted by atomic mass is 10.1. The van der Waals surface area contributed by atoms with E-state index in [-0.39, 0.29) is 5.91 Å². The predicted molar refractivity (Wildman–Crippen MR) is 73.6 cm³/mol. The molecule has 4 heteroatoms. The fourth-order valence-electron chi connectivity index (χ4n) is 2.49. The number of hydrogen-bond donors (Lipinski definition) is 2. The lowest BCUT2D eigenvalue weighted by Crippen LogP contribution is -2.55. The summed E-state index contributed by atoms with van der Waals surface area (Å²) >= 11 is 0. The van der Waals surface area contributed by atoms with Crippen LogP contribution in [0.25, 0.3) is 0 Å². The molecule has 4 nitrogen and oxygen atoms in total. The number of carbonyl (C=O) groups excluding carboxylic acids is 1. The van der Waals surface area contributed by atoms with Crippen LogP contribution in [-0.2, 0) is 4.79 Å². The van der Waals surface area contributed by atoms with Gasteiger partial charge in [-0.3, -0.25) is 9.69 Å². The molecule has 2 N–H and O–H groups in total. The normalized spacial score (nSPS) is 24.8. The van der Waals surface area contributed by atoms with Crippen molar-refractivity contribution in [2.75, 3.05) is 25.0 Å². The van der Waals surface area contributed by atoms with Crippen LogP contribution in [0.1, 0.15) is 13.8 Å². The molecule has 0 aliphatic carbocycles. The molecule has 2 rings (SSSR count). The zero-order valence-corrected chi connectivity index (χ0v) is 11.0. The fourth-order valence-corrected chi connectivity index (χ4v) is 2.49. The van der Waals surface area contributed by atoms with Crippen molar-refractivity contribution in [2.45, 2.75) is 25.9 Å². The molecule has 1 aromatic carbocycles. The first-order valence-corrected chi connectivity index (χ1v) is 6.47. The Morgan fingerprint density at radius 1 is 1.28 bits per heavy atom. The maximum absolute atomic E-state index is 11.9. The third kappa shape index (κ3) is 3.82. The minimum Gasteiger partial charge on any atom is -0.325 e. The highest BCUT2D eigenvalue weighted by Crippen LogP contribution is 2.07. The first-order valence-electron chi connectivity index (χ1n) is 6.47. The van der Waals surface area contributed by atoms with E-state index in [0.717, 1.165) is 18.8 Å². The van der Waals surface area contributed by atoms with Gasteiger partial charge in [0.25, 0.3) is 0 Å². The summed E-state index contributed by atoms with van der Waals surface area (Å²) in [7, 11) is 0. The summed E-state index contributed by atoms with van der Waals surface area (Å²) in [6, 6.07) is 10.5. The summed E-state index contributed by atoms with van der Waals surface area (Å²) in [5.41, 5.74) is 0.860. The molecule has 2 unspecified atom stereocenters. The Morgan fingerprint density at radius 3 is 2.50 bits per heavy atom. The highest BCUT2D eigenvalue weighted by Gasteiger charge is 2.22. The second-order valence-corrected chi connectivity index (χ2v) is 5.08. The Kier molecular flexibility index (Phi) is 4.33. The number of benzene rings is 1. The summed E-state index contributed by atoms with van der Waals surface area (Å²) in [4.78, 5) is 14.1. The van der Waals surface area contributed by atoms with Gasteiger partial charge in [-0.25, -0.2) is 0 Å². The number of rotatable bonds is 3. The Bertz CT molecular complexity index is 383. The summed E-state index contributed by atoms with van der Waals surface area (Å²) in [5, 5.41) is 6.38. The topological polar surface area (TPSA) is 44.4 Å². The third-order valence-electron chi connectivity index (χ3n) is 3.06. The molecule has 2 atom stereocenters. The van der Waals surface area contributed by atoms with Gasteiger partial charge in [-0.15, -0.1) is 0 Å². The molecule has 1 aliphatic heterocycles. The number of piperazine rings is 1. The van der Waals surface area contributed by atoms with Crippen LogP contribution in [-0.4, -0.2) is 42.5 Å². The molecule has 0 radical (unpaired) electrons. The van der Waals surface area contributed by atoms with Gasteiger partial charge in [0.05, 0.1) is 6.54 Å². The number of anilines is 1. The Hall–Kier alpha value is -1.39. The van der Waals surface area contributed by atoms with Gasteiger partial charge >= 0.3 is 0 Å². The van der Waals surface area contributed by atoms with Crippen LogP contribution in [0, 0.1) is 0 Å². The number of nitrogens with zero attached hydrogens (tertiary/aromatic N) is 1. The zero-order valence-electron chi connectivity index (χ0n) is 11.0. The quantitative estimate of drug-likeness (QED) is 0.846. The fraction of sp³-hybridized carbons (Fsp3) is 0.500. The SMILES string of the molecule is CC1CN(CC(=O)Nc2ccccc2)CC(C)N1. The summed E-state index contributed by atoms with van der Waals surface area (Å²) < 4.78 is 0. The van der Waals surface area contributed by atoms with Crippen molar-refractivity contribution in [3.05, 3.63) is 30.3 Å². The van der Waals surface area contributed by atoms with Gasteiger partial charge in [-0.05, 0) is 26.0 Å². The van der Waals surface area contributed by atoms with Gasteiger partial charge in [-0.1, -0.05) is 18.2 Å². The molecule has 18 heavy (non-hydrogen) atoms. The van der Waals surface area contributed by atoms with Gasteiger partial charge < -0.3 is 10.6 Å². The highest BCUT2D eigenvalue weighted by molar-refractivity contribution is 5.92. The zero-order chi connectivity index (χ0) is 13.0. The van der Waals surface area contributed by atoms with Crippen LogP contribution < -0.4 is 10.6 Å². The van der Waals surface area contributed by atoms with E-state index in [1.165, 1.54) is 0 Å². The molecular formula is C14H21N3O. The Labute approximate surface area is 108 Å². The maximum Gasteiger partial charge on any atom is 0.238 e. The standard InChI is InChI=1S/C14H21N3O/c1-11-8-17(9-12(2)15-11)10-14(18)16-13-6-4-3-5-7-13/h3-7,11-12,15H,8-10H2,1-2H3,(H,16,18). The molecule has 0 saturated carbocycles. The van der Waals surface area contributed by atoms with Gasteiger partial charge in [0.2, 0.25) is 5.91 Å². The second kappa shape index (κ2) is 5.98. The minimum absolute atomic E-state index is 0.0579. The van der Waals surface area contributed by atoms with Crippen molar-refractivity contribution < 1.29 is 4.79 Å². The van der Waals surface area contributed by atoms with E-state index in [4.69, 9.17) is 0 Å². The summed E-state index contributed by atoms with van der Waals surface area (Å²) in [6.45, 7) is 6.61. The number of amides is 1. The van der Waals surface area contributed by atoms with Crippen molar-refractivity contribution in [2.24, 2.45) is 0 Å². The van der Waals surface area contributed by atoms with Crippen molar-refractivity contribution in [3.63, 3.8) is 0 Å². The lowest BCUT2D eigenvalue weighted by molar-refractivity contribution is -0.117. The van der Waals surface area contributed by atoms with Crippen LogP contribution in [0.4, 0.5) is 5.69 Å². The summed E-state index contributed by atoms with van der Waals surface area (Å²) in [6.07, 6.45) is 0. The van der Waals surface area contributed by atoms with Crippen LogP contribution in [0.5, 0.6) is 0 Å². The van der Waals surface area contributed by atoms with Crippen molar-refractivity contribution >= 4 is 11.6 Å². The number of hydrogen-bond acceptors (Lipinski definition) is 3. The summed E-state index contributed by atoms with van der Waals surface area (Å²) in [5.74, 6) is 0.0579. The highest BCUT2D eigenvalue weighted by atomic mass is 16.2. The van der Waals surface area contributed by atoms with E-state index in [1.54, 1.807) is 0 Å². The van der Waals surface area contributed by atoms with E-state index >= 15 is 0 Å². The number of nitrogens with one attached hydrogen (secondary N) is 2. The van der Waals surface area contributed by atoms with E-state index < -0.39 is 0 Å². The molecular weight excluding hydrogens is 226 g/mol. The largest absolute Gasteiger partial charge is 0.325 e. The molecule has 0 spiro atoms. The first-order chi connectivity index (χ1) is 8.63. The third-order valence-corrected chi connectivity index (χ3v) is 3.06. The van der Waals surface area contributed by atoms with Gasteiger partial charge in [-0.2, -0.15) is 0 Å². The Morgan fingerprint density at radius 2 is 1.89 bits per heavy atom. The monoisotopic (exact) mass is 247 g/mol. The van der Waals surface area contributed by atoms with E-state index in [9.17, 15) is 4.79 Å². The molecule has 1 fully saturated rings. The maximum atomic E-state index is 11.9. The molecule has 1 amide bonds. The van der Waals surface area contributed by atoms with Crippen LogP contribution >= 0.6 is 0 Å². The molecule has 0 aromatic heterocycles. The lowest BCUT2D eigenvalue weighted by Gasteiger charge is -2.35. The Balaban J connectivity index is 1.84. The van der Waals surface area contributed by atoms with Crippen LogP contribution in [0.3, 0.4) is 0 Å². The molecule has 1 aromatic rings. The van der Waals surface area contributed by atoms with Gasteiger partial charge in [0.1, 0.15) is 0 Å². The molecule has 1 aliphatic rings. The minimum atomic E-state index is 0.0579. The van der Waals surface area contributed by atoms with Crippen LogP contribution in [0.15, 0.2) is 30.3 Å². The molecule has 0 bridgehead atoms. The van der Waals surface area contributed by atoms with Crippen molar-refractivity contribution in [3.8, 4) is 0 Å². The number of para-hydroxylation sites is 1. The van der Waals surface area contributed by atoms with Crippen molar-refractivity contribution in [1.29, 1.82) is 0 Å². The molecule has 98 valence electrons. The van der Waals surface area contributed by atoms with E-state index in [2.05, 4.69) is 29.4 Å². The average Bonchev–Trinajstić information content (AvgIpc) is 2.28. The molecule has 1 heterocycles. The van der Waals surface area contributed by atoms with E-state index in [1.807, 2.05) is 30.3 Å². The van der Waals surface area contributed by atoms with Gasteiger partial charge in [0.15, 0.2) is 0 Å². The first kappa shape index (κ1) is 13.1. The predicted octanol–water partition coefficient (Wildman–Crippen LogP) is 1.31. The average molecular weight is 247 g/mol. The number of carbonyl (C=O) groups is 1. The second-order valence-electron chi connectivity index (χ2n) is 5.08. The smallest absolute Gasteiger partial charge is 0.238 e. The van der Waals surface area contributed by atoms with E-state index in [0.29, 0.717) is 18.6 Å². The van der Waals surface area contributed by atoms with Crippen LogP contribution in [0.2, 0.25) is 0 Å². The van der Waals surface area contributed by atoms with Gasteiger partial charge in [0, 0.05) is 30.9 Å².